The third-order valence-corrected chi connectivity index (χ3v) is 7.82. The quantitative estimate of drug-likeness (QED) is 0.358. The molecule has 3 heteroatoms. The zero-order valence-corrected chi connectivity index (χ0v) is 22.1. The van der Waals surface area contributed by atoms with Crippen LogP contribution in [0.2, 0.25) is 0 Å². The lowest BCUT2D eigenvalue weighted by atomic mass is 9.88. The van der Waals surface area contributed by atoms with E-state index in [4.69, 9.17) is 9.47 Å². The number of piperidine rings is 1. The molecule has 0 spiro atoms. The molecule has 0 bridgehead atoms. The maximum absolute atomic E-state index is 6.28. The van der Waals surface area contributed by atoms with E-state index in [1.807, 2.05) is 0 Å². The number of hydrogen-bond donors (Lipinski definition) is 0. The standard InChI is InChI=1S/C31H45NO2/c1-23(25-11-12-25)27-8-6-10-29(20-27)34-22-24-15-18-32(19-16-24)30-21-28(33-5)14-13-26(30)9-7-17-31(2,3)4/h6,8,10,13-14,20-21,23-25H,7,9,11-12,15-19,22H2,1-5H3/t23-/m0/s1. The highest BCUT2D eigenvalue weighted by Crippen LogP contribution is 2.42. The average molecular weight is 464 g/mol. The minimum absolute atomic E-state index is 0.389. The number of methoxy groups -OCH3 is 1. The van der Waals surface area contributed by atoms with Crippen molar-refractivity contribution >= 4 is 5.69 Å². The lowest BCUT2D eigenvalue weighted by Gasteiger charge is -2.35. The molecule has 0 unspecified atom stereocenters. The van der Waals surface area contributed by atoms with Crippen LogP contribution in [0.1, 0.15) is 83.3 Å². The molecule has 1 saturated carbocycles. The van der Waals surface area contributed by atoms with Crippen molar-refractivity contribution in [1.29, 1.82) is 0 Å². The second-order valence-corrected chi connectivity index (χ2v) is 11.8. The number of nitrogens with zero attached hydrogens (tertiary/aromatic N) is 1. The molecule has 186 valence electrons. The second-order valence-electron chi connectivity index (χ2n) is 11.8. The summed E-state index contributed by atoms with van der Waals surface area (Å²) < 4.78 is 11.9. The van der Waals surface area contributed by atoms with E-state index >= 15 is 0 Å². The van der Waals surface area contributed by atoms with Crippen molar-refractivity contribution < 1.29 is 9.47 Å². The Kier molecular flexibility index (Phi) is 8.11. The predicted molar refractivity (Wildman–Crippen MR) is 143 cm³/mol. The molecule has 2 aromatic rings. The van der Waals surface area contributed by atoms with E-state index in [0.717, 1.165) is 43.5 Å². The molecule has 0 N–H and O–H groups in total. The number of benzene rings is 2. The summed E-state index contributed by atoms with van der Waals surface area (Å²) in [5.74, 6) is 4.17. The number of anilines is 1. The van der Waals surface area contributed by atoms with Gasteiger partial charge in [0.05, 0.1) is 13.7 Å². The molecule has 0 amide bonds. The molecule has 0 radical (unpaired) electrons. The van der Waals surface area contributed by atoms with Crippen LogP contribution in [0.4, 0.5) is 5.69 Å². The molecule has 1 aliphatic heterocycles. The normalized spacial score (nSPS) is 18.1. The third kappa shape index (κ3) is 6.93. The SMILES string of the molecule is COc1ccc(CCCC(C)(C)C)c(N2CCC(COc3cccc([C@@H](C)C4CC4)c3)CC2)c1. The van der Waals surface area contributed by atoms with Crippen LogP contribution < -0.4 is 14.4 Å². The van der Waals surface area contributed by atoms with Gasteiger partial charge < -0.3 is 14.4 Å². The van der Waals surface area contributed by atoms with Gasteiger partial charge in [-0.25, -0.2) is 0 Å². The van der Waals surface area contributed by atoms with Gasteiger partial charge in [0.1, 0.15) is 11.5 Å². The van der Waals surface area contributed by atoms with Crippen molar-refractivity contribution in [3.63, 3.8) is 0 Å². The summed E-state index contributed by atoms with van der Waals surface area (Å²) in [5.41, 5.74) is 4.66. The van der Waals surface area contributed by atoms with Crippen molar-refractivity contribution in [3.8, 4) is 11.5 Å². The molecular weight excluding hydrogens is 418 g/mol. The van der Waals surface area contributed by atoms with Crippen molar-refractivity contribution in [2.75, 3.05) is 31.7 Å². The highest BCUT2D eigenvalue weighted by atomic mass is 16.5. The van der Waals surface area contributed by atoms with E-state index in [0.29, 0.717) is 17.3 Å². The highest BCUT2D eigenvalue weighted by Gasteiger charge is 2.29. The lowest BCUT2D eigenvalue weighted by Crippen LogP contribution is -2.36. The van der Waals surface area contributed by atoms with Crippen LogP contribution in [0, 0.1) is 17.3 Å². The third-order valence-electron chi connectivity index (χ3n) is 7.82. The van der Waals surface area contributed by atoms with Crippen LogP contribution in [0.15, 0.2) is 42.5 Å². The summed E-state index contributed by atoms with van der Waals surface area (Å²) in [6.07, 6.45) is 8.74. The molecule has 2 fully saturated rings. The minimum Gasteiger partial charge on any atom is -0.497 e. The van der Waals surface area contributed by atoms with E-state index in [-0.39, 0.29) is 0 Å². The Morgan fingerprint density at radius 3 is 2.41 bits per heavy atom. The van der Waals surface area contributed by atoms with Gasteiger partial charge in [-0.15, -0.1) is 0 Å². The first kappa shape index (κ1) is 24.9. The summed E-state index contributed by atoms with van der Waals surface area (Å²) in [7, 11) is 1.77. The summed E-state index contributed by atoms with van der Waals surface area (Å²) in [6.45, 7) is 12.4. The fraction of sp³-hybridized carbons (Fsp3) is 0.613. The summed E-state index contributed by atoms with van der Waals surface area (Å²) in [6, 6.07) is 15.5. The van der Waals surface area contributed by atoms with Gasteiger partial charge in [-0.2, -0.15) is 0 Å². The van der Waals surface area contributed by atoms with Crippen molar-refractivity contribution in [2.24, 2.45) is 17.3 Å². The Morgan fingerprint density at radius 1 is 0.971 bits per heavy atom. The Balaban J connectivity index is 1.31. The first-order valence-corrected chi connectivity index (χ1v) is 13.5. The molecule has 0 aromatic heterocycles. The first-order valence-electron chi connectivity index (χ1n) is 13.5. The van der Waals surface area contributed by atoms with Gasteiger partial charge in [-0.1, -0.05) is 45.9 Å². The zero-order chi connectivity index (χ0) is 24.1. The molecule has 34 heavy (non-hydrogen) atoms. The number of ether oxygens (including phenoxy) is 2. The van der Waals surface area contributed by atoms with Crippen molar-refractivity contribution in [1.82, 2.24) is 0 Å². The maximum Gasteiger partial charge on any atom is 0.120 e. The molecule has 1 saturated heterocycles. The Bertz CT molecular complexity index is 919. The molecule has 1 atom stereocenters. The summed E-state index contributed by atoms with van der Waals surface area (Å²) in [4.78, 5) is 2.57. The number of rotatable bonds is 10. The molecule has 2 aliphatic rings. The van der Waals surface area contributed by atoms with Gasteiger partial charge in [0.15, 0.2) is 0 Å². The molecule has 1 heterocycles. The molecule has 2 aromatic carbocycles. The largest absolute Gasteiger partial charge is 0.497 e. The zero-order valence-electron chi connectivity index (χ0n) is 22.1. The van der Waals surface area contributed by atoms with Gasteiger partial charge >= 0.3 is 0 Å². The van der Waals surface area contributed by atoms with E-state index in [1.165, 1.54) is 55.3 Å². The molecule has 4 rings (SSSR count). The molecule has 1 aliphatic carbocycles. The second kappa shape index (κ2) is 11.1. The van der Waals surface area contributed by atoms with E-state index < -0.39 is 0 Å². The van der Waals surface area contributed by atoms with Crippen LogP contribution in [-0.4, -0.2) is 26.8 Å². The maximum atomic E-state index is 6.28. The van der Waals surface area contributed by atoms with Crippen molar-refractivity contribution in [2.45, 2.75) is 78.6 Å². The van der Waals surface area contributed by atoms with Crippen molar-refractivity contribution in [3.05, 3.63) is 53.6 Å². The monoisotopic (exact) mass is 463 g/mol. The van der Waals surface area contributed by atoms with Crippen LogP contribution >= 0.6 is 0 Å². The topological polar surface area (TPSA) is 21.7 Å². The summed E-state index contributed by atoms with van der Waals surface area (Å²) >= 11 is 0. The van der Waals surface area contributed by atoms with E-state index in [9.17, 15) is 0 Å². The van der Waals surface area contributed by atoms with E-state index in [2.05, 4.69) is 75.1 Å². The molecular formula is C31H45NO2. The van der Waals surface area contributed by atoms with Gasteiger partial charge in [0, 0.05) is 24.8 Å². The smallest absolute Gasteiger partial charge is 0.120 e. The highest BCUT2D eigenvalue weighted by molar-refractivity contribution is 5.57. The minimum atomic E-state index is 0.389. The lowest BCUT2D eigenvalue weighted by molar-refractivity contribution is 0.222. The Labute approximate surface area is 207 Å². The summed E-state index contributed by atoms with van der Waals surface area (Å²) in [5, 5.41) is 0. The predicted octanol–water partition coefficient (Wildman–Crippen LogP) is 7.87. The van der Waals surface area contributed by atoms with Crippen LogP contribution in [-0.2, 0) is 6.42 Å². The van der Waals surface area contributed by atoms with Gasteiger partial charge in [0.25, 0.3) is 0 Å². The number of hydrogen-bond acceptors (Lipinski definition) is 3. The van der Waals surface area contributed by atoms with Crippen LogP contribution in [0.5, 0.6) is 11.5 Å². The van der Waals surface area contributed by atoms with Crippen LogP contribution in [0.3, 0.4) is 0 Å². The van der Waals surface area contributed by atoms with Crippen LogP contribution in [0.25, 0.3) is 0 Å². The Hall–Kier alpha value is -2.16. The molecule has 3 nitrogen and oxygen atoms in total. The van der Waals surface area contributed by atoms with Gasteiger partial charge in [-0.3, -0.25) is 0 Å². The van der Waals surface area contributed by atoms with Gasteiger partial charge in [-0.05, 0) is 97.4 Å². The van der Waals surface area contributed by atoms with Gasteiger partial charge in [0.2, 0.25) is 0 Å². The Morgan fingerprint density at radius 2 is 1.74 bits per heavy atom. The van der Waals surface area contributed by atoms with E-state index in [1.54, 1.807) is 7.11 Å². The fourth-order valence-electron chi connectivity index (χ4n) is 5.30. The number of aryl methyl sites for hydroxylation is 1. The first-order chi connectivity index (χ1) is 16.3. The fourth-order valence-corrected chi connectivity index (χ4v) is 5.30. The average Bonchev–Trinajstić information content (AvgIpc) is 3.68.